The first-order chi connectivity index (χ1) is 7.58. The van der Waals surface area contributed by atoms with Crippen LogP contribution in [0, 0.1) is 12.7 Å². The van der Waals surface area contributed by atoms with Crippen LogP contribution in [0.25, 0.3) is 11.3 Å². The lowest BCUT2D eigenvalue weighted by Crippen LogP contribution is -1.90. The molecule has 2 rings (SSSR count). The first-order valence-electron chi connectivity index (χ1n) is 4.98. The van der Waals surface area contributed by atoms with E-state index in [1.54, 1.807) is 26.0 Å². The molecule has 0 fully saturated rings. The molecule has 0 aliphatic rings. The van der Waals surface area contributed by atoms with Crippen molar-refractivity contribution in [2.24, 2.45) is 0 Å². The molecule has 0 amide bonds. The Morgan fingerprint density at radius 1 is 1.44 bits per heavy atom. The lowest BCUT2D eigenvalue weighted by molar-refractivity contribution is 0.163. The van der Waals surface area contributed by atoms with Crippen molar-refractivity contribution in [1.29, 1.82) is 0 Å². The standard InChI is InChI=1S/C12H12FNO2/c1-7-5-9(3-4-10(7)13)11-6-16-12(14-11)8(2)15/h3-6,8,15H,1-2H3. The molecule has 0 bridgehead atoms. The zero-order valence-electron chi connectivity index (χ0n) is 9.07. The normalized spacial score (nSPS) is 12.8. The predicted molar refractivity (Wildman–Crippen MR) is 57.3 cm³/mol. The van der Waals surface area contributed by atoms with Gasteiger partial charge in [0.15, 0.2) is 0 Å². The van der Waals surface area contributed by atoms with Crippen molar-refractivity contribution < 1.29 is 13.9 Å². The van der Waals surface area contributed by atoms with Gasteiger partial charge in [0.25, 0.3) is 0 Å². The second kappa shape index (κ2) is 4.06. The van der Waals surface area contributed by atoms with Gasteiger partial charge in [-0.1, -0.05) is 0 Å². The summed E-state index contributed by atoms with van der Waals surface area (Å²) in [5.41, 5.74) is 1.92. The summed E-state index contributed by atoms with van der Waals surface area (Å²) in [6.45, 7) is 3.26. The van der Waals surface area contributed by atoms with Gasteiger partial charge in [0, 0.05) is 5.56 Å². The van der Waals surface area contributed by atoms with Gasteiger partial charge in [-0.2, -0.15) is 0 Å². The second-order valence-corrected chi connectivity index (χ2v) is 3.71. The molecule has 1 heterocycles. The Balaban J connectivity index is 2.39. The quantitative estimate of drug-likeness (QED) is 0.848. The van der Waals surface area contributed by atoms with Gasteiger partial charge in [-0.3, -0.25) is 0 Å². The summed E-state index contributed by atoms with van der Waals surface area (Å²) in [5, 5.41) is 9.27. The van der Waals surface area contributed by atoms with Crippen molar-refractivity contribution in [1.82, 2.24) is 4.98 Å². The van der Waals surface area contributed by atoms with Crippen molar-refractivity contribution in [3.05, 3.63) is 41.7 Å². The number of hydrogen-bond acceptors (Lipinski definition) is 3. The molecule has 0 saturated heterocycles. The second-order valence-electron chi connectivity index (χ2n) is 3.71. The Hall–Kier alpha value is -1.68. The molecule has 0 saturated carbocycles. The van der Waals surface area contributed by atoms with Crippen molar-refractivity contribution >= 4 is 0 Å². The summed E-state index contributed by atoms with van der Waals surface area (Å²) in [6, 6.07) is 4.71. The average molecular weight is 221 g/mol. The van der Waals surface area contributed by atoms with E-state index in [0.717, 1.165) is 5.56 Å². The van der Waals surface area contributed by atoms with Crippen LogP contribution in [0.3, 0.4) is 0 Å². The SMILES string of the molecule is Cc1cc(-c2coc(C(C)O)n2)ccc1F. The van der Waals surface area contributed by atoms with E-state index >= 15 is 0 Å². The van der Waals surface area contributed by atoms with E-state index < -0.39 is 6.10 Å². The molecule has 0 aliphatic carbocycles. The summed E-state index contributed by atoms with van der Waals surface area (Å²) in [4.78, 5) is 4.11. The maximum absolute atomic E-state index is 13.1. The molecular formula is C12H12FNO2. The summed E-state index contributed by atoms with van der Waals surface area (Å²) in [5.74, 6) is 0.0139. The zero-order chi connectivity index (χ0) is 11.7. The van der Waals surface area contributed by atoms with Crippen LogP contribution < -0.4 is 0 Å². The van der Waals surface area contributed by atoms with Gasteiger partial charge in [0.1, 0.15) is 23.9 Å². The Bertz CT molecular complexity index is 505. The number of nitrogens with zero attached hydrogens (tertiary/aromatic N) is 1. The smallest absolute Gasteiger partial charge is 0.223 e. The van der Waals surface area contributed by atoms with Crippen molar-refractivity contribution in [3.8, 4) is 11.3 Å². The first-order valence-corrected chi connectivity index (χ1v) is 4.98. The van der Waals surface area contributed by atoms with Crippen molar-refractivity contribution in [2.75, 3.05) is 0 Å². The summed E-state index contributed by atoms with van der Waals surface area (Å²) in [7, 11) is 0. The number of rotatable bonds is 2. The van der Waals surface area contributed by atoms with Gasteiger partial charge in [-0.05, 0) is 37.6 Å². The number of aryl methyl sites for hydroxylation is 1. The van der Waals surface area contributed by atoms with E-state index in [-0.39, 0.29) is 11.7 Å². The third kappa shape index (κ3) is 1.97. The Morgan fingerprint density at radius 2 is 2.19 bits per heavy atom. The molecule has 1 unspecified atom stereocenters. The number of oxazole rings is 1. The highest BCUT2D eigenvalue weighted by molar-refractivity contribution is 5.58. The molecule has 1 aromatic carbocycles. The van der Waals surface area contributed by atoms with Gasteiger partial charge in [0.05, 0.1) is 0 Å². The van der Waals surface area contributed by atoms with Gasteiger partial charge in [-0.15, -0.1) is 0 Å². The van der Waals surface area contributed by atoms with E-state index in [9.17, 15) is 9.50 Å². The minimum Gasteiger partial charge on any atom is -0.446 e. The summed E-state index contributed by atoms with van der Waals surface area (Å²) >= 11 is 0. The molecule has 1 aromatic heterocycles. The maximum Gasteiger partial charge on any atom is 0.223 e. The van der Waals surface area contributed by atoms with E-state index in [1.807, 2.05) is 0 Å². The summed E-state index contributed by atoms with van der Waals surface area (Å²) in [6.07, 6.45) is 0.713. The van der Waals surface area contributed by atoms with Gasteiger partial charge in [-0.25, -0.2) is 9.37 Å². The molecule has 0 spiro atoms. The Kier molecular flexibility index (Phi) is 2.75. The first kappa shape index (κ1) is 10.8. The molecule has 4 heteroatoms. The largest absolute Gasteiger partial charge is 0.446 e. The lowest BCUT2D eigenvalue weighted by atomic mass is 10.1. The molecule has 1 N–H and O–H groups in total. The van der Waals surface area contributed by atoms with Crippen LogP contribution in [0.2, 0.25) is 0 Å². The van der Waals surface area contributed by atoms with Crippen LogP contribution in [0.4, 0.5) is 4.39 Å². The third-order valence-corrected chi connectivity index (χ3v) is 2.33. The molecular weight excluding hydrogens is 209 g/mol. The fourth-order valence-corrected chi connectivity index (χ4v) is 1.42. The van der Waals surface area contributed by atoms with Crippen LogP contribution in [0.15, 0.2) is 28.9 Å². The number of aromatic nitrogens is 1. The zero-order valence-corrected chi connectivity index (χ0v) is 9.07. The van der Waals surface area contributed by atoms with Crippen LogP contribution in [0.5, 0.6) is 0 Å². The van der Waals surface area contributed by atoms with Crippen molar-refractivity contribution in [3.63, 3.8) is 0 Å². The molecule has 3 nitrogen and oxygen atoms in total. The number of hydrogen-bond donors (Lipinski definition) is 1. The minimum atomic E-state index is -0.740. The molecule has 84 valence electrons. The molecule has 0 aliphatic heterocycles. The average Bonchev–Trinajstić information content (AvgIpc) is 2.71. The number of benzene rings is 1. The van der Waals surface area contributed by atoms with Crippen LogP contribution in [0.1, 0.15) is 24.5 Å². The monoisotopic (exact) mass is 221 g/mol. The van der Waals surface area contributed by atoms with E-state index in [4.69, 9.17) is 4.42 Å². The molecule has 1 atom stereocenters. The topological polar surface area (TPSA) is 46.3 Å². The summed E-state index contributed by atoms with van der Waals surface area (Å²) < 4.78 is 18.2. The fraction of sp³-hybridized carbons (Fsp3) is 0.250. The highest BCUT2D eigenvalue weighted by Gasteiger charge is 2.11. The van der Waals surface area contributed by atoms with E-state index in [2.05, 4.69) is 4.98 Å². The van der Waals surface area contributed by atoms with E-state index in [1.165, 1.54) is 12.3 Å². The molecule has 0 radical (unpaired) electrons. The fourth-order valence-electron chi connectivity index (χ4n) is 1.42. The van der Waals surface area contributed by atoms with Crippen LogP contribution in [-0.2, 0) is 0 Å². The highest BCUT2D eigenvalue weighted by Crippen LogP contribution is 2.23. The number of aliphatic hydroxyl groups excluding tert-OH is 1. The van der Waals surface area contributed by atoms with Gasteiger partial charge in [0.2, 0.25) is 5.89 Å². The van der Waals surface area contributed by atoms with Gasteiger partial charge >= 0.3 is 0 Å². The number of aliphatic hydroxyl groups is 1. The highest BCUT2D eigenvalue weighted by atomic mass is 19.1. The van der Waals surface area contributed by atoms with E-state index in [0.29, 0.717) is 11.3 Å². The Labute approximate surface area is 92.6 Å². The number of halogens is 1. The van der Waals surface area contributed by atoms with Gasteiger partial charge < -0.3 is 9.52 Å². The van der Waals surface area contributed by atoms with Crippen molar-refractivity contribution in [2.45, 2.75) is 20.0 Å². The Morgan fingerprint density at radius 3 is 2.75 bits per heavy atom. The molecule has 16 heavy (non-hydrogen) atoms. The van der Waals surface area contributed by atoms with Crippen LogP contribution >= 0.6 is 0 Å². The predicted octanol–water partition coefficient (Wildman–Crippen LogP) is 2.84. The van der Waals surface area contributed by atoms with Crippen LogP contribution in [-0.4, -0.2) is 10.1 Å². The maximum atomic E-state index is 13.1. The third-order valence-electron chi connectivity index (χ3n) is 2.33. The lowest BCUT2D eigenvalue weighted by Gasteiger charge is -1.99. The minimum absolute atomic E-state index is 0.247. The molecule has 2 aromatic rings.